The Bertz CT molecular complexity index is 968. The molecule has 1 aliphatic rings. The van der Waals surface area contributed by atoms with Crippen molar-refractivity contribution in [1.82, 2.24) is 9.97 Å². The lowest BCUT2D eigenvalue weighted by Crippen LogP contribution is -2.23. The number of hydrogen-bond acceptors (Lipinski definition) is 5. The quantitative estimate of drug-likeness (QED) is 0.557. The summed E-state index contributed by atoms with van der Waals surface area (Å²) in [5.74, 6) is 0.103. The summed E-state index contributed by atoms with van der Waals surface area (Å²) < 4.78 is 0. The van der Waals surface area contributed by atoms with E-state index in [0.717, 1.165) is 12.0 Å². The van der Waals surface area contributed by atoms with Crippen LogP contribution in [0.4, 0.5) is 10.8 Å². The predicted octanol–water partition coefficient (Wildman–Crippen LogP) is 5.09. The summed E-state index contributed by atoms with van der Waals surface area (Å²) >= 11 is 1.42. The van der Waals surface area contributed by atoms with E-state index in [9.17, 15) is 9.59 Å². The van der Waals surface area contributed by atoms with Crippen molar-refractivity contribution < 1.29 is 9.59 Å². The number of carbonyl (C=O) groups is 2. The van der Waals surface area contributed by atoms with Gasteiger partial charge >= 0.3 is 0 Å². The van der Waals surface area contributed by atoms with Gasteiger partial charge in [-0.2, -0.15) is 0 Å². The van der Waals surface area contributed by atoms with E-state index >= 15 is 0 Å². The fourth-order valence-corrected chi connectivity index (χ4v) is 4.48. The fourth-order valence-electron chi connectivity index (χ4n) is 3.95. The molecule has 2 N–H and O–H groups in total. The maximum Gasteiger partial charge on any atom is 0.257 e. The van der Waals surface area contributed by atoms with Crippen molar-refractivity contribution >= 4 is 34.0 Å². The molecule has 2 amide bonds. The molecule has 6 nitrogen and oxygen atoms in total. The van der Waals surface area contributed by atoms with Crippen LogP contribution in [-0.2, 0) is 4.79 Å². The van der Waals surface area contributed by atoms with Crippen molar-refractivity contribution in [2.24, 2.45) is 5.92 Å². The maximum atomic E-state index is 13.0. The van der Waals surface area contributed by atoms with Gasteiger partial charge < -0.3 is 10.6 Å². The summed E-state index contributed by atoms with van der Waals surface area (Å²) in [4.78, 5) is 33.5. The summed E-state index contributed by atoms with van der Waals surface area (Å²) in [5, 5.41) is 8.30. The van der Waals surface area contributed by atoms with Crippen molar-refractivity contribution in [1.29, 1.82) is 0 Å². The molecule has 3 aromatic rings. The second-order valence-corrected chi connectivity index (χ2v) is 8.48. The Balaban J connectivity index is 1.48. The Kier molecular flexibility index (Phi) is 6.49. The molecule has 7 heteroatoms. The first-order valence-electron chi connectivity index (χ1n) is 10.2. The Morgan fingerprint density at radius 3 is 2.53 bits per heavy atom. The van der Waals surface area contributed by atoms with Crippen LogP contribution in [0.5, 0.6) is 0 Å². The van der Waals surface area contributed by atoms with Crippen LogP contribution in [0.1, 0.15) is 53.9 Å². The van der Waals surface area contributed by atoms with Crippen LogP contribution in [-0.4, -0.2) is 21.8 Å². The average Bonchev–Trinajstić information content (AvgIpc) is 3.47. The number of thiazole rings is 1. The van der Waals surface area contributed by atoms with E-state index in [-0.39, 0.29) is 17.7 Å². The van der Waals surface area contributed by atoms with Gasteiger partial charge in [-0.25, -0.2) is 4.98 Å². The van der Waals surface area contributed by atoms with Crippen LogP contribution in [0.15, 0.2) is 60.4 Å². The van der Waals surface area contributed by atoms with Gasteiger partial charge in [-0.3, -0.25) is 14.6 Å². The monoisotopic (exact) mass is 420 g/mol. The highest BCUT2D eigenvalue weighted by Crippen LogP contribution is 2.35. The molecule has 0 aliphatic heterocycles. The SMILES string of the molecule is O=C(Nc1ccc(C(CC2CCCC2)C(=O)Nc2nccs2)cc1)c1cccnc1. The molecule has 1 aromatic carbocycles. The fraction of sp³-hybridized carbons (Fsp3) is 0.304. The summed E-state index contributed by atoms with van der Waals surface area (Å²) in [6, 6.07) is 11.0. The third-order valence-corrected chi connectivity index (χ3v) is 6.21. The maximum absolute atomic E-state index is 13.0. The molecule has 1 saturated carbocycles. The second kappa shape index (κ2) is 9.63. The standard InChI is InChI=1S/C23H24N4O2S/c28-21(18-6-3-11-24-15-18)26-19-9-7-17(8-10-19)20(14-16-4-1-2-5-16)22(29)27-23-25-12-13-30-23/h3,6-13,15-16,20H,1-2,4-5,14H2,(H,26,28)(H,25,27,29). The molecule has 1 aliphatic carbocycles. The molecule has 1 unspecified atom stereocenters. The lowest BCUT2D eigenvalue weighted by atomic mass is 9.87. The van der Waals surface area contributed by atoms with Gasteiger partial charge in [-0.15, -0.1) is 11.3 Å². The number of aromatic nitrogens is 2. The van der Waals surface area contributed by atoms with Gasteiger partial charge in [0.1, 0.15) is 0 Å². The molecule has 4 rings (SSSR count). The van der Waals surface area contributed by atoms with Crippen LogP contribution in [0.25, 0.3) is 0 Å². The molecule has 1 atom stereocenters. The average molecular weight is 421 g/mol. The third kappa shape index (κ3) is 5.10. The van der Waals surface area contributed by atoms with E-state index in [1.165, 1.54) is 43.2 Å². The molecule has 0 radical (unpaired) electrons. The zero-order chi connectivity index (χ0) is 20.8. The van der Waals surface area contributed by atoms with Gasteiger partial charge in [0.05, 0.1) is 11.5 Å². The number of rotatable bonds is 7. The van der Waals surface area contributed by atoms with Crippen LogP contribution in [0.3, 0.4) is 0 Å². The van der Waals surface area contributed by atoms with Crippen molar-refractivity contribution in [3.63, 3.8) is 0 Å². The highest BCUT2D eigenvalue weighted by Gasteiger charge is 2.27. The Morgan fingerprint density at radius 1 is 1.07 bits per heavy atom. The Morgan fingerprint density at radius 2 is 1.87 bits per heavy atom. The lowest BCUT2D eigenvalue weighted by Gasteiger charge is -2.20. The summed E-state index contributed by atoms with van der Waals surface area (Å²) in [6.45, 7) is 0. The number of nitrogens with zero attached hydrogens (tertiary/aromatic N) is 2. The number of pyridine rings is 1. The van der Waals surface area contributed by atoms with E-state index < -0.39 is 0 Å². The minimum Gasteiger partial charge on any atom is -0.322 e. The highest BCUT2D eigenvalue weighted by molar-refractivity contribution is 7.13. The van der Waals surface area contributed by atoms with Crippen LogP contribution in [0.2, 0.25) is 0 Å². The van der Waals surface area contributed by atoms with Crippen molar-refractivity contribution in [3.8, 4) is 0 Å². The minimum atomic E-state index is -0.236. The van der Waals surface area contributed by atoms with Gasteiger partial charge in [0.15, 0.2) is 5.13 Å². The van der Waals surface area contributed by atoms with Crippen molar-refractivity contribution in [2.45, 2.75) is 38.0 Å². The smallest absolute Gasteiger partial charge is 0.257 e. The third-order valence-electron chi connectivity index (χ3n) is 5.52. The first kappa shape index (κ1) is 20.2. The first-order valence-corrected chi connectivity index (χ1v) is 11.1. The number of nitrogens with one attached hydrogen (secondary N) is 2. The number of hydrogen-bond donors (Lipinski definition) is 2. The Hall–Kier alpha value is -3.06. The molecular weight excluding hydrogens is 396 g/mol. The molecular formula is C23H24N4O2S. The van der Waals surface area contributed by atoms with Crippen molar-refractivity contribution in [3.05, 3.63) is 71.5 Å². The number of anilines is 2. The topological polar surface area (TPSA) is 84.0 Å². The molecule has 0 spiro atoms. The molecule has 154 valence electrons. The summed E-state index contributed by atoms with van der Waals surface area (Å²) in [6.07, 6.45) is 10.5. The van der Waals surface area contributed by atoms with Gasteiger partial charge in [-0.05, 0) is 42.2 Å². The zero-order valence-electron chi connectivity index (χ0n) is 16.6. The number of carbonyl (C=O) groups excluding carboxylic acids is 2. The van der Waals surface area contributed by atoms with Gasteiger partial charge in [-0.1, -0.05) is 37.8 Å². The number of amides is 2. The van der Waals surface area contributed by atoms with E-state index in [1.54, 1.807) is 24.5 Å². The van der Waals surface area contributed by atoms with E-state index in [2.05, 4.69) is 20.6 Å². The largest absolute Gasteiger partial charge is 0.322 e. The van der Waals surface area contributed by atoms with Crippen molar-refractivity contribution in [2.75, 3.05) is 10.6 Å². The van der Waals surface area contributed by atoms with Crippen LogP contribution < -0.4 is 10.6 Å². The lowest BCUT2D eigenvalue weighted by molar-refractivity contribution is -0.118. The molecule has 2 heterocycles. The van der Waals surface area contributed by atoms with E-state index in [1.807, 2.05) is 29.6 Å². The molecule has 1 fully saturated rings. The minimum absolute atomic E-state index is 0.0241. The Labute approximate surface area is 179 Å². The van der Waals surface area contributed by atoms with Gasteiger partial charge in [0.25, 0.3) is 5.91 Å². The first-order chi connectivity index (χ1) is 14.7. The van der Waals surface area contributed by atoms with Crippen LogP contribution in [0, 0.1) is 5.92 Å². The molecule has 30 heavy (non-hydrogen) atoms. The van der Waals surface area contributed by atoms with E-state index in [0.29, 0.717) is 22.3 Å². The summed E-state index contributed by atoms with van der Waals surface area (Å²) in [7, 11) is 0. The number of benzene rings is 1. The zero-order valence-corrected chi connectivity index (χ0v) is 17.4. The molecule has 0 saturated heterocycles. The second-order valence-electron chi connectivity index (χ2n) is 7.58. The normalized spacial score (nSPS) is 14.9. The molecule has 2 aromatic heterocycles. The van der Waals surface area contributed by atoms with Gasteiger partial charge in [0.2, 0.25) is 5.91 Å². The van der Waals surface area contributed by atoms with Gasteiger partial charge in [0, 0.05) is 29.7 Å². The highest BCUT2D eigenvalue weighted by atomic mass is 32.1. The van der Waals surface area contributed by atoms with Crippen LogP contribution >= 0.6 is 11.3 Å². The van der Waals surface area contributed by atoms with E-state index in [4.69, 9.17) is 0 Å². The summed E-state index contributed by atoms with van der Waals surface area (Å²) in [5.41, 5.74) is 2.14. The predicted molar refractivity (Wildman–Crippen MR) is 119 cm³/mol. The molecule has 0 bridgehead atoms.